The minimum Gasteiger partial charge on any atom is -0.477 e. The molecule has 0 radical (unpaired) electrons. The van der Waals surface area contributed by atoms with Gasteiger partial charge in [0.05, 0.1) is 6.61 Å². The topological polar surface area (TPSA) is 58.5 Å². The summed E-state index contributed by atoms with van der Waals surface area (Å²) in [5.74, 6) is 1.58. The lowest BCUT2D eigenvalue weighted by Gasteiger charge is -2.16. The maximum atomic E-state index is 5.61. The highest BCUT2D eigenvalue weighted by molar-refractivity contribution is 14.0. The Bertz CT molecular complexity index is 411. The van der Waals surface area contributed by atoms with Crippen molar-refractivity contribution in [3.63, 3.8) is 0 Å². The molecule has 0 fully saturated rings. The first kappa shape index (κ1) is 16.0. The Balaban J connectivity index is 0.00000180. The van der Waals surface area contributed by atoms with Crippen LogP contribution in [0.1, 0.15) is 25.3 Å². The van der Waals surface area contributed by atoms with E-state index in [2.05, 4.69) is 27.5 Å². The van der Waals surface area contributed by atoms with E-state index >= 15 is 0 Å². The van der Waals surface area contributed by atoms with E-state index in [0.717, 1.165) is 37.5 Å². The molecule has 0 spiro atoms. The lowest BCUT2D eigenvalue weighted by Crippen LogP contribution is -2.40. The molecule has 1 aliphatic heterocycles. The number of rotatable bonds is 5. The summed E-state index contributed by atoms with van der Waals surface area (Å²) in [7, 11) is 0. The number of halogens is 1. The summed E-state index contributed by atoms with van der Waals surface area (Å²) < 4.78 is 5.61. The van der Waals surface area contributed by atoms with Crippen LogP contribution in [0, 0.1) is 0 Å². The van der Waals surface area contributed by atoms with Gasteiger partial charge >= 0.3 is 0 Å². The Labute approximate surface area is 131 Å². The Morgan fingerprint density at radius 3 is 3.11 bits per heavy atom. The molecule has 2 heterocycles. The normalized spacial score (nSPS) is 13.8. The van der Waals surface area contributed by atoms with Crippen LogP contribution in [0.3, 0.4) is 0 Å². The van der Waals surface area contributed by atoms with Crippen LogP contribution in [0.2, 0.25) is 0 Å². The second-order valence-electron chi connectivity index (χ2n) is 4.18. The summed E-state index contributed by atoms with van der Waals surface area (Å²) in [5, 5.41) is 6.50. The van der Waals surface area contributed by atoms with Crippen LogP contribution in [-0.2, 0) is 6.54 Å². The number of nitrogens with zero attached hydrogens (tertiary/aromatic N) is 2. The molecule has 0 aromatic carbocycles. The van der Waals surface area contributed by atoms with Crippen LogP contribution >= 0.6 is 24.0 Å². The fourth-order valence-corrected chi connectivity index (χ4v) is 1.72. The smallest absolute Gasteiger partial charge is 0.218 e. The first-order valence-corrected chi connectivity index (χ1v) is 6.49. The highest BCUT2D eigenvalue weighted by atomic mass is 127. The molecule has 0 saturated heterocycles. The quantitative estimate of drug-likeness (QED) is 0.772. The molecular weight excluding hydrogens is 355 g/mol. The molecule has 0 bridgehead atoms. The third-order valence-corrected chi connectivity index (χ3v) is 2.64. The van der Waals surface area contributed by atoms with Crippen LogP contribution in [0.15, 0.2) is 23.3 Å². The lowest BCUT2D eigenvalue weighted by atomic mass is 10.2. The zero-order valence-corrected chi connectivity index (χ0v) is 13.5. The molecule has 6 heteroatoms. The second kappa shape index (κ2) is 8.95. The highest BCUT2D eigenvalue weighted by Crippen LogP contribution is 2.14. The molecule has 106 valence electrons. The van der Waals surface area contributed by atoms with Crippen LogP contribution in [0.5, 0.6) is 5.88 Å². The minimum atomic E-state index is 0. The van der Waals surface area contributed by atoms with Gasteiger partial charge in [-0.05, 0) is 18.9 Å². The van der Waals surface area contributed by atoms with Gasteiger partial charge in [-0.1, -0.05) is 13.0 Å². The second-order valence-corrected chi connectivity index (χ2v) is 4.18. The average molecular weight is 376 g/mol. The zero-order valence-electron chi connectivity index (χ0n) is 11.2. The number of aliphatic imine (C=N–C) groups is 1. The van der Waals surface area contributed by atoms with E-state index in [0.29, 0.717) is 19.0 Å². The number of aromatic nitrogens is 1. The van der Waals surface area contributed by atoms with Crippen molar-refractivity contribution in [2.75, 3.05) is 19.7 Å². The summed E-state index contributed by atoms with van der Waals surface area (Å²) >= 11 is 0. The Hall–Kier alpha value is -1.05. The molecular formula is C13H21IN4O. The number of hydrogen-bond acceptors (Lipinski definition) is 5. The van der Waals surface area contributed by atoms with Crippen molar-refractivity contribution < 1.29 is 4.74 Å². The van der Waals surface area contributed by atoms with E-state index in [1.807, 2.05) is 12.1 Å². The van der Waals surface area contributed by atoms with E-state index in [-0.39, 0.29) is 24.0 Å². The molecule has 0 saturated carbocycles. The fourth-order valence-electron chi connectivity index (χ4n) is 1.72. The predicted molar refractivity (Wildman–Crippen MR) is 87.2 cm³/mol. The fraction of sp³-hybridized carbons (Fsp3) is 0.538. The van der Waals surface area contributed by atoms with E-state index in [9.17, 15) is 0 Å². The van der Waals surface area contributed by atoms with E-state index < -0.39 is 0 Å². The van der Waals surface area contributed by atoms with Gasteiger partial charge in [0.2, 0.25) is 5.88 Å². The Kier molecular flexibility index (Phi) is 7.54. The van der Waals surface area contributed by atoms with Crippen molar-refractivity contribution >= 4 is 29.9 Å². The van der Waals surface area contributed by atoms with Gasteiger partial charge in [0.25, 0.3) is 0 Å². The van der Waals surface area contributed by atoms with Crippen molar-refractivity contribution in [3.8, 4) is 5.88 Å². The SMILES string of the molecule is CCCOc1ncccc1CNC1=NCCCN1.I. The van der Waals surface area contributed by atoms with Gasteiger partial charge in [0.1, 0.15) is 0 Å². The van der Waals surface area contributed by atoms with E-state index in [4.69, 9.17) is 4.74 Å². The van der Waals surface area contributed by atoms with Crippen LogP contribution < -0.4 is 15.4 Å². The van der Waals surface area contributed by atoms with Gasteiger partial charge in [-0.25, -0.2) is 4.98 Å². The van der Waals surface area contributed by atoms with E-state index in [1.54, 1.807) is 6.20 Å². The van der Waals surface area contributed by atoms with Gasteiger partial charge in [-0.15, -0.1) is 24.0 Å². The molecule has 5 nitrogen and oxygen atoms in total. The molecule has 2 rings (SSSR count). The molecule has 0 atom stereocenters. The third kappa shape index (κ3) is 5.22. The molecule has 1 aromatic heterocycles. The molecule has 0 aliphatic carbocycles. The van der Waals surface area contributed by atoms with Gasteiger partial charge in [-0.2, -0.15) is 0 Å². The van der Waals surface area contributed by atoms with Gasteiger partial charge in [-0.3, -0.25) is 4.99 Å². The summed E-state index contributed by atoms with van der Waals surface area (Å²) in [6.07, 6.45) is 3.84. The number of pyridine rings is 1. The molecule has 0 unspecified atom stereocenters. The molecule has 0 amide bonds. The summed E-state index contributed by atoms with van der Waals surface area (Å²) in [5.41, 5.74) is 1.06. The maximum Gasteiger partial charge on any atom is 0.218 e. The van der Waals surface area contributed by atoms with E-state index in [1.165, 1.54) is 0 Å². The van der Waals surface area contributed by atoms with Crippen LogP contribution in [-0.4, -0.2) is 30.6 Å². The van der Waals surface area contributed by atoms with Crippen molar-refractivity contribution in [2.45, 2.75) is 26.3 Å². The monoisotopic (exact) mass is 376 g/mol. The molecule has 19 heavy (non-hydrogen) atoms. The van der Waals surface area contributed by atoms with Crippen LogP contribution in [0.4, 0.5) is 0 Å². The summed E-state index contributed by atoms with van der Waals surface area (Å²) in [6.45, 7) is 5.34. The summed E-state index contributed by atoms with van der Waals surface area (Å²) in [6, 6.07) is 3.94. The largest absolute Gasteiger partial charge is 0.477 e. The number of guanidine groups is 1. The number of nitrogens with one attached hydrogen (secondary N) is 2. The number of hydrogen-bond donors (Lipinski definition) is 2. The van der Waals surface area contributed by atoms with Gasteiger partial charge < -0.3 is 15.4 Å². The minimum absolute atomic E-state index is 0. The van der Waals surface area contributed by atoms with Gasteiger partial charge in [0.15, 0.2) is 5.96 Å². The predicted octanol–water partition coefficient (Wildman–Crippen LogP) is 1.93. The van der Waals surface area contributed by atoms with Gasteiger partial charge in [0, 0.05) is 31.4 Å². The first-order chi connectivity index (χ1) is 8.90. The molecule has 1 aromatic rings. The van der Waals surface area contributed by atoms with Crippen molar-refractivity contribution in [1.29, 1.82) is 0 Å². The lowest BCUT2D eigenvalue weighted by molar-refractivity contribution is 0.301. The van der Waals surface area contributed by atoms with Crippen molar-refractivity contribution in [1.82, 2.24) is 15.6 Å². The Morgan fingerprint density at radius 1 is 1.47 bits per heavy atom. The Morgan fingerprint density at radius 2 is 2.37 bits per heavy atom. The summed E-state index contributed by atoms with van der Waals surface area (Å²) in [4.78, 5) is 8.63. The maximum absolute atomic E-state index is 5.61. The van der Waals surface area contributed by atoms with Crippen molar-refractivity contribution in [2.24, 2.45) is 4.99 Å². The highest BCUT2D eigenvalue weighted by Gasteiger charge is 2.07. The standard InChI is InChI=1S/C13H20N4O.HI/c1-2-9-18-12-11(5-3-6-14-12)10-17-13-15-7-4-8-16-13;/h3,5-6H,2,4,7-10H2,1H3,(H2,15,16,17);1H. The third-order valence-electron chi connectivity index (χ3n) is 2.64. The van der Waals surface area contributed by atoms with Crippen LogP contribution in [0.25, 0.3) is 0 Å². The number of ether oxygens (including phenoxy) is 1. The van der Waals surface area contributed by atoms with Crippen molar-refractivity contribution in [3.05, 3.63) is 23.9 Å². The molecule has 1 aliphatic rings. The first-order valence-electron chi connectivity index (χ1n) is 6.49. The molecule has 2 N–H and O–H groups in total. The average Bonchev–Trinajstić information content (AvgIpc) is 2.45. The zero-order chi connectivity index (χ0) is 12.6.